The van der Waals surface area contributed by atoms with E-state index in [0.717, 1.165) is 6.07 Å². The van der Waals surface area contributed by atoms with Crippen molar-refractivity contribution >= 4 is 11.7 Å². The molecule has 0 atom stereocenters. The Bertz CT molecular complexity index is 686. The largest absolute Gasteiger partial charge is 0.418 e. The normalized spacial score (nSPS) is 11.1. The minimum absolute atomic E-state index is 0.0982. The van der Waals surface area contributed by atoms with Gasteiger partial charge in [0.1, 0.15) is 5.82 Å². The highest BCUT2D eigenvalue weighted by molar-refractivity contribution is 5.90. The Morgan fingerprint density at radius 3 is 2.35 bits per heavy atom. The lowest BCUT2D eigenvalue weighted by molar-refractivity contribution is -0.136. The number of hydrogen-bond donors (Lipinski definition) is 2. The molecule has 2 rings (SSSR count). The summed E-state index contributed by atoms with van der Waals surface area (Å²) in [6.45, 7) is 0.0982. The van der Waals surface area contributed by atoms with Crippen molar-refractivity contribution in [1.82, 2.24) is 5.32 Å². The molecule has 0 radical (unpaired) electrons. The van der Waals surface area contributed by atoms with Gasteiger partial charge in [0.2, 0.25) is 0 Å². The lowest BCUT2D eigenvalue weighted by Gasteiger charge is -2.14. The number of amides is 2. The Morgan fingerprint density at radius 1 is 1.00 bits per heavy atom. The van der Waals surface area contributed by atoms with E-state index >= 15 is 0 Å². The van der Waals surface area contributed by atoms with Crippen LogP contribution in [0.2, 0.25) is 0 Å². The molecule has 0 aliphatic heterocycles. The lowest BCUT2D eigenvalue weighted by Crippen LogP contribution is -2.31. The van der Waals surface area contributed by atoms with Crippen molar-refractivity contribution in [3.63, 3.8) is 0 Å². The number of alkyl halides is 3. The third kappa shape index (κ3) is 4.70. The molecule has 0 aliphatic carbocycles. The van der Waals surface area contributed by atoms with Crippen LogP contribution in [0.3, 0.4) is 0 Å². The first-order valence-corrected chi connectivity index (χ1v) is 6.82. The standard InChI is InChI=1S/C16H14F4N2O/c17-13-7-3-1-5-11(13)9-10-21-15(23)22-14-8-4-2-6-12(14)16(18,19)20/h1-8H,9-10H2,(H2,21,22,23). The molecule has 0 bridgehead atoms. The average molecular weight is 326 g/mol. The summed E-state index contributed by atoms with van der Waals surface area (Å²) in [5.74, 6) is -0.392. The number of carbonyl (C=O) groups is 1. The molecule has 23 heavy (non-hydrogen) atoms. The van der Waals surface area contributed by atoms with Gasteiger partial charge in [-0.05, 0) is 30.2 Å². The van der Waals surface area contributed by atoms with Gasteiger partial charge in [-0.2, -0.15) is 13.2 Å². The molecule has 0 saturated carbocycles. The van der Waals surface area contributed by atoms with Gasteiger partial charge in [-0.25, -0.2) is 9.18 Å². The van der Waals surface area contributed by atoms with Crippen LogP contribution >= 0.6 is 0 Å². The van der Waals surface area contributed by atoms with Crippen LogP contribution in [0.15, 0.2) is 48.5 Å². The number of nitrogens with one attached hydrogen (secondary N) is 2. The Kier molecular flexibility index (Phi) is 5.20. The molecule has 2 N–H and O–H groups in total. The van der Waals surface area contributed by atoms with Gasteiger partial charge in [-0.3, -0.25) is 0 Å². The summed E-state index contributed by atoms with van der Waals surface area (Å²) < 4.78 is 51.8. The highest BCUT2D eigenvalue weighted by Crippen LogP contribution is 2.34. The maximum atomic E-state index is 13.4. The zero-order chi connectivity index (χ0) is 16.9. The maximum absolute atomic E-state index is 13.4. The predicted octanol–water partition coefficient (Wildman–Crippen LogP) is 4.21. The molecule has 7 heteroatoms. The van der Waals surface area contributed by atoms with E-state index in [-0.39, 0.29) is 18.7 Å². The van der Waals surface area contributed by atoms with E-state index in [1.807, 2.05) is 0 Å². The van der Waals surface area contributed by atoms with E-state index in [9.17, 15) is 22.4 Å². The smallest absolute Gasteiger partial charge is 0.338 e. The van der Waals surface area contributed by atoms with Crippen LogP contribution in [-0.4, -0.2) is 12.6 Å². The van der Waals surface area contributed by atoms with Crippen LogP contribution in [0.5, 0.6) is 0 Å². The van der Waals surface area contributed by atoms with E-state index in [1.54, 1.807) is 18.2 Å². The zero-order valence-electron chi connectivity index (χ0n) is 12.0. The molecule has 2 amide bonds. The van der Waals surface area contributed by atoms with Gasteiger partial charge >= 0.3 is 12.2 Å². The van der Waals surface area contributed by atoms with Crippen LogP contribution in [0.25, 0.3) is 0 Å². The molecule has 0 spiro atoms. The molecule has 0 heterocycles. The fourth-order valence-corrected chi connectivity index (χ4v) is 2.02. The molecule has 0 aliphatic rings. The molecule has 3 nitrogen and oxygen atoms in total. The minimum Gasteiger partial charge on any atom is -0.338 e. The number of rotatable bonds is 4. The van der Waals surface area contributed by atoms with Crippen molar-refractivity contribution < 1.29 is 22.4 Å². The second-order valence-electron chi connectivity index (χ2n) is 4.77. The summed E-state index contributed by atoms with van der Waals surface area (Å²) in [5.41, 5.74) is -0.837. The second kappa shape index (κ2) is 7.13. The quantitative estimate of drug-likeness (QED) is 0.812. The van der Waals surface area contributed by atoms with Gasteiger partial charge in [0.15, 0.2) is 0 Å². The third-order valence-corrected chi connectivity index (χ3v) is 3.12. The molecule has 2 aromatic carbocycles. The molecule has 0 aromatic heterocycles. The Labute approximate surface area is 130 Å². The van der Waals surface area contributed by atoms with Crippen LogP contribution < -0.4 is 10.6 Å². The molecule has 2 aromatic rings. The monoisotopic (exact) mass is 326 g/mol. The van der Waals surface area contributed by atoms with Gasteiger partial charge in [-0.1, -0.05) is 30.3 Å². The van der Waals surface area contributed by atoms with Crippen LogP contribution in [0.4, 0.5) is 28.0 Å². The van der Waals surface area contributed by atoms with Gasteiger partial charge in [-0.15, -0.1) is 0 Å². The van der Waals surface area contributed by atoms with E-state index in [0.29, 0.717) is 5.56 Å². The van der Waals surface area contributed by atoms with Gasteiger partial charge in [0.05, 0.1) is 11.3 Å². The molecule has 0 saturated heterocycles. The topological polar surface area (TPSA) is 41.1 Å². The second-order valence-corrected chi connectivity index (χ2v) is 4.77. The van der Waals surface area contributed by atoms with Crippen molar-refractivity contribution in [1.29, 1.82) is 0 Å². The number of benzene rings is 2. The molecular weight excluding hydrogens is 312 g/mol. The average Bonchev–Trinajstić information content (AvgIpc) is 2.49. The fourth-order valence-electron chi connectivity index (χ4n) is 2.02. The molecule has 122 valence electrons. The van der Waals surface area contributed by atoms with Crippen molar-refractivity contribution in [2.75, 3.05) is 11.9 Å². The number of urea groups is 1. The van der Waals surface area contributed by atoms with Crippen molar-refractivity contribution in [2.45, 2.75) is 12.6 Å². The first-order chi connectivity index (χ1) is 10.9. The predicted molar refractivity (Wildman–Crippen MR) is 78.6 cm³/mol. The zero-order valence-corrected chi connectivity index (χ0v) is 12.0. The number of halogens is 4. The Balaban J connectivity index is 1.92. The number of carbonyl (C=O) groups excluding carboxylic acids is 1. The third-order valence-electron chi connectivity index (χ3n) is 3.12. The SMILES string of the molecule is O=C(NCCc1ccccc1F)Nc1ccccc1C(F)(F)F. The number of hydrogen-bond acceptors (Lipinski definition) is 1. The van der Waals surface area contributed by atoms with Crippen molar-refractivity contribution in [3.05, 3.63) is 65.5 Å². The summed E-state index contributed by atoms with van der Waals surface area (Å²) >= 11 is 0. The summed E-state index contributed by atoms with van der Waals surface area (Å²) in [5, 5.41) is 4.56. The fraction of sp³-hybridized carbons (Fsp3) is 0.188. The molecule has 0 unspecified atom stereocenters. The summed E-state index contributed by atoms with van der Waals surface area (Å²) in [7, 11) is 0. The van der Waals surface area contributed by atoms with Crippen molar-refractivity contribution in [3.8, 4) is 0 Å². The summed E-state index contributed by atoms with van der Waals surface area (Å²) in [6.07, 6.45) is -4.32. The van der Waals surface area contributed by atoms with Gasteiger partial charge in [0.25, 0.3) is 0 Å². The van der Waals surface area contributed by atoms with Crippen LogP contribution in [0, 0.1) is 5.82 Å². The van der Waals surface area contributed by atoms with E-state index in [4.69, 9.17) is 0 Å². The first kappa shape index (κ1) is 16.8. The van der Waals surface area contributed by atoms with E-state index < -0.39 is 23.6 Å². The Hall–Kier alpha value is -2.57. The molecule has 0 fully saturated rings. The van der Waals surface area contributed by atoms with E-state index in [2.05, 4.69) is 10.6 Å². The highest BCUT2D eigenvalue weighted by Gasteiger charge is 2.33. The maximum Gasteiger partial charge on any atom is 0.418 e. The van der Waals surface area contributed by atoms with Crippen molar-refractivity contribution in [2.24, 2.45) is 0 Å². The lowest BCUT2D eigenvalue weighted by atomic mass is 10.1. The number of para-hydroxylation sites is 1. The van der Waals surface area contributed by atoms with E-state index in [1.165, 1.54) is 24.3 Å². The van der Waals surface area contributed by atoms with Crippen LogP contribution in [0.1, 0.15) is 11.1 Å². The summed E-state index contributed by atoms with van der Waals surface area (Å²) in [4.78, 5) is 11.7. The Morgan fingerprint density at radius 2 is 1.65 bits per heavy atom. The minimum atomic E-state index is -4.56. The first-order valence-electron chi connectivity index (χ1n) is 6.82. The highest BCUT2D eigenvalue weighted by atomic mass is 19.4. The van der Waals surface area contributed by atoms with Gasteiger partial charge in [0, 0.05) is 6.54 Å². The van der Waals surface area contributed by atoms with Gasteiger partial charge < -0.3 is 10.6 Å². The summed E-state index contributed by atoms with van der Waals surface area (Å²) in [6, 6.07) is 9.99. The number of anilines is 1. The molecular formula is C16H14F4N2O. The van der Waals surface area contributed by atoms with Crippen LogP contribution in [-0.2, 0) is 12.6 Å².